The fourth-order valence-electron chi connectivity index (χ4n) is 1.55. The molecule has 0 spiro atoms. The molecule has 0 radical (unpaired) electrons. The number of nitrogens with two attached hydrogens (primary N) is 1. The van der Waals surface area contributed by atoms with Gasteiger partial charge >= 0.3 is 0 Å². The summed E-state index contributed by atoms with van der Waals surface area (Å²) >= 11 is 10.8. The van der Waals surface area contributed by atoms with E-state index in [1.54, 1.807) is 6.07 Å². The first-order valence-corrected chi connectivity index (χ1v) is 7.55. The first-order valence-electron chi connectivity index (χ1n) is 5.50. The van der Waals surface area contributed by atoms with Crippen molar-refractivity contribution in [1.82, 2.24) is 0 Å². The molecule has 1 amide bonds. The lowest BCUT2D eigenvalue weighted by atomic mass is 10.2. The van der Waals surface area contributed by atoms with Gasteiger partial charge in [0.05, 0.1) is 10.7 Å². The van der Waals surface area contributed by atoms with E-state index >= 15 is 0 Å². The average Bonchev–Trinajstić information content (AvgIpc) is 2.67. The number of halogens is 2. The van der Waals surface area contributed by atoms with Gasteiger partial charge in [-0.05, 0) is 58.4 Å². The highest BCUT2D eigenvalue weighted by molar-refractivity contribution is 9.10. The van der Waals surface area contributed by atoms with E-state index in [9.17, 15) is 4.79 Å². The van der Waals surface area contributed by atoms with Gasteiger partial charge in [-0.25, -0.2) is 0 Å². The van der Waals surface area contributed by atoms with Gasteiger partial charge in [-0.15, -0.1) is 11.3 Å². The zero-order valence-corrected chi connectivity index (χ0v) is 13.5. The Kier molecular flexibility index (Phi) is 4.18. The summed E-state index contributed by atoms with van der Waals surface area (Å²) in [5, 5.41) is 5.16. The van der Waals surface area contributed by atoms with Gasteiger partial charge in [0, 0.05) is 10.2 Å². The van der Waals surface area contributed by atoms with Crippen LogP contribution in [-0.4, -0.2) is 5.91 Å². The molecule has 0 aliphatic heterocycles. The highest BCUT2D eigenvalue weighted by Crippen LogP contribution is 2.31. The predicted molar refractivity (Wildman–Crippen MR) is 85.3 cm³/mol. The first kappa shape index (κ1) is 14.4. The van der Waals surface area contributed by atoms with Crippen molar-refractivity contribution in [1.29, 1.82) is 0 Å². The van der Waals surface area contributed by atoms with E-state index in [2.05, 4.69) is 21.2 Å². The zero-order chi connectivity index (χ0) is 14.2. The second-order valence-electron chi connectivity index (χ2n) is 4.20. The van der Waals surface area contributed by atoms with Gasteiger partial charge in [-0.1, -0.05) is 11.6 Å². The van der Waals surface area contributed by atoms with Crippen molar-refractivity contribution in [3.63, 3.8) is 0 Å². The van der Waals surface area contributed by atoms with Crippen molar-refractivity contribution in [3.05, 3.63) is 43.0 Å². The normalized spacial score (nSPS) is 10.5. The van der Waals surface area contributed by atoms with E-state index in [4.69, 9.17) is 17.3 Å². The van der Waals surface area contributed by atoms with Gasteiger partial charge in [0.25, 0.3) is 5.91 Å². The number of hydrogen-bond donors (Lipinski definition) is 2. The number of aryl methyl sites for hydroxylation is 2. The van der Waals surface area contributed by atoms with Crippen molar-refractivity contribution in [2.75, 3.05) is 11.1 Å². The minimum atomic E-state index is -0.230. The van der Waals surface area contributed by atoms with Crippen molar-refractivity contribution >= 4 is 56.1 Å². The molecule has 1 heterocycles. The largest absolute Gasteiger partial charge is 0.398 e. The Hall–Kier alpha value is -1.04. The molecule has 0 aliphatic rings. The van der Waals surface area contributed by atoms with Crippen molar-refractivity contribution < 1.29 is 4.79 Å². The Morgan fingerprint density at radius 3 is 2.63 bits per heavy atom. The van der Waals surface area contributed by atoms with Gasteiger partial charge in [0.2, 0.25) is 0 Å². The Morgan fingerprint density at radius 2 is 2.05 bits per heavy atom. The molecule has 100 valence electrons. The molecule has 19 heavy (non-hydrogen) atoms. The number of carbonyl (C=O) groups excluding carboxylic acids is 1. The summed E-state index contributed by atoms with van der Waals surface area (Å²) < 4.78 is 0.789. The molecule has 0 fully saturated rings. The van der Waals surface area contributed by atoms with Crippen molar-refractivity contribution in [2.45, 2.75) is 13.8 Å². The van der Waals surface area contributed by atoms with E-state index in [0.717, 1.165) is 15.6 Å². The summed E-state index contributed by atoms with van der Waals surface area (Å²) in [6.07, 6.45) is 0. The van der Waals surface area contributed by atoms with Gasteiger partial charge in [0.15, 0.2) is 0 Å². The van der Waals surface area contributed by atoms with Gasteiger partial charge < -0.3 is 11.1 Å². The molecule has 0 atom stereocenters. The highest BCUT2D eigenvalue weighted by Gasteiger charge is 2.16. The minimum absolute atomic E-state index is 0.230. The van der Waals surface area contributed by atoms with E-state index in [-0.39, 0.29) is 5.91 Å². The third-order valence-electron chi connectivity index (χ3n) is 2.71. The molecule has 6 heteroatoms. The number of carbonyl (C=O) groups is 1. The molecule has 1 aromatic carbocycles. The number of hydrogen-bond acceptors (Lipinski definition) is 3. The number of nitrogens with one attached hydrogen (secondary N) is 1. The standard InChI is InChI=1S/C13H12BrClN2OS/c1-6-3-8(14)10(4-9(6)16)17-13(18)12-11(15)7(2)5-19-12/h3-5H,16H2,1-2H3,(H,17,18). The number of amides is 1. The molecular weight excluding hydrogens is 348 g/mol. The summed E-state index contributed by atoms with van der Waals surface area (Å²) in [5.74, 6) is -0.230. The summed E-state index contributed by atoms with van der Waals surface area (Å²) in [5.41, 5.74) is 8.96. The van der Waals surface area contributed by atoms with Crippen LogP contribution in [0.5, 0.6) is 0 Å². The SMILES string of the molecule is Cc1cc(Br)c(NC(=O)c2scc(C)c2Cl)cc1N. The van der Waals surface area contributed by atoms with Gasteiger partial charge in [-0.2, -0.15) is 0 Å². The first-order chi connectivity index (χ1) is 8.90. The van der Waals surface area contributed by atoms with E-state index in [1.165, 1.54) is 11.3 Å². The Morgan fingerprint density at radius 1 is 1.37 bits per heavy atom. The van der Waals surface area contributed by atoms with Gasteiger partial charge in [-0.3, -0.25) is 4.79 Å². The summed E-state index contributed by atoms with van der Waals surface area (Å²) in [7, 11) is 0. The average molecular weight is 360 g/mol. The number of rotatable bonds is 2. The van der Waals surface area contributed by atoms with Crippen LogP contribution in [0.15, 0.2) is 22.0 Å². The molecule has 0 bridgehead atoms. The molecule has 0 unspecified atom stereocenters. The number of anilines is 2. The minimum Gasteiger partial charge on any atom is -0.398 e. The van der Waals surface area contributed by atoms with Crippen LogP contribution in [0.4, 0.5) is 11.4 Å². The van der Waals surface area contributed by atoms with Gasteiger partial charge in [0.1, 0.15) is 4.88 Å². The third-order valence-corrected chi connectivity index (χ3v) is 5.06. The van der Waals surface area contributed by atoms with Crippen LogP contribution in [0.2, 0.25) is 5.02 Å². The molecule has 0 saturated heterocycles. The Labute approximate surface area is 128 Å². The lowest BCUT2D eigenvalue weighted by molar-refractivity contribution is 0.103. The van der Waals surface area contributed by atoms with Crippen LogP contribution in [-0.2, 0) is 0 Å². The lowest BCUT2D eigenvalue weighted by Crippen LogP contribution is -2.11. The molecule has 2 rings (SSSR count). The molecule has 0 saturated carbocycles. The Balaban J connectivity index is 2.29. The maximum atomic E-state index is 12.1. The smallest absolute Gasteiger partial charge is 0.267 e. The molecular formula is C13H12BrClN2OS. The number of thiophene rings is 1. The van der Waals surface area contributed by atoms with E-state index < -0.39 is 0 Å². The highest BCUT2D eigenvalue weighted by atomic mass is 79.9. The maximum absolute atomic E-state index is 12.1. The van der Waals surface area contributed by atoms with Crippen LogP contribution < -0.4 is 11.1 Å². The quantitative estimate of drug-likeness (QED) is 0.769. The molecule has 3 N–H and O–H groups in total. The molecule has 2 aromatic rings. The van der Waals surface area contributed by atoms with Crippen LogP contribution in [0.1, 0.15) is 20.8 Å². The zero-order valence-electron chi connectivity index (χ0n) is 10.4. The second kappa shape index (κ2) is 5.53. The Bertz CT molecular complexity index is 654. The van der Waals surface area contributed by atoms with Crippen molar-refractivity contribution in [3.8, 4) is 0 Å². The number of nitrogen functional groups attached to an aromatic ring is 1. The van der Waals surface area contributed by atoms with Crippen LogP contribution in [0, 0.1) is 13.8 Å². The summed E-state index contributed by atoms with van der Waals surface area (Å²) in [6.45, 7) is 3.78. The molecule has 3 nitrogen and oxygen atoms in total. The van der Waals surface area contributed by atoms with Crippen molar-refractivity contribution in [2.24, 2.45) is 0 Å². The van der Waals surface area contributed by atoms with E-state index in [0.29, 0.717) is 21.3 Å². The van der Waals surface area contributed by atoms with Crippen LogP contribution >= 0.6 is 38.9 Å². The predicted octanol–water partition coefficient (Wildman–Crippen LogP) is 4.62. The molecule has 0 aliphatic carbocycles. The fourth-order valence-corrected chi connectivity index (χ4v) is 3.28. The number of benzene rings is 1. The third kappa shape index (κ3) is 2.94. The van der Waals surface area contributed by atoms with E-state index in [1.807, 2.05) is 25.3 Å². The van der Waals surface area contributed by atoms with Crippen LogP contribution in [0.25, 0.3) is 0 Å². The topological polar surface area (TPSA) is 55.1 Å². The fraction of sp³-hybridized carbons (Fsp3) is 0.154. The molecule has 1 aromatic heterocycles. The summed E-state index contributed by atoms with van der Waals surface area (Å²) in [6, 6.07) is 3.60. The second-order valence-corrected chi connectivity index (χ2v) is 6.32. The maximum Gasteiger partial charge on any atom is 0.267 e. The monoisotopic (exact) mass is 358 g/mol. The van der Waals surface area contributed by atoms with Crippen LogP contribution in [0.3, 0.4) is 0 Å². The summed E-state index contributed by atoms with van der Waals surface area (Å²) in [4.78, 5) is 12.7. The lowest BCUT2D eigenvalue weighted by Gasteiger charge is -2.09.